The number of para-hydroxylation sites is 2. The van der Waals surface area contributed by atoms with Crippen LogP contribution >= 0.6 is 23.2 Å². The summed E-state index contributed by atoms with van der Waals surface area (Å²) in [6.07, 6.45) is 19.0. The zero-order valence-electron chi connectivity index (χ0n) is 41.5. The zero-order chi connectivity index (χ0) is 52.1. The molecular formula is C53H55Cl2N16NaO5S. The Morgan fingerprint density at radius 3 is 1.60 bits per heavy atom. The smallest absolute Gasteiger partial charge is 0.870 e. The van der Waals surface area contributed by atoms with E-state index in [0.717, 1.165) is 61.4 Å². The van der Waals surface area contributed by atoms with E-state index in [9.17, 15) is 18.0 Å². The van der Waals surface area contributed by atoms with Gasteiger partial charge in [-0.15, -0.1) is 0 Å². The van der Waals surface area contributed by atoms with Crippen molar-refractivity contribution in [2.24, 2.45) is 0 Å². The van der Waals surface area contributed by atoms with Gasteiger partial charge in [0.2, 0.25) is 23.5 Å². The van der Waals surface area contributed by atoms with Gasteiger partial charge < -0.3 is 43.2 Å². The number of benzene rings is 3. The number of hydrogen-bond acceptors (Lipinski definition) is 17. The number of nitrogens with two attached hydrogens (primary N) is 2. The molecule has 0 aliphatic heterocycles. The van der Waals surface area contributed by atoms with Gasteiger partial charge in [-0.05, 0) is 75.6 Å². The predicted octanol–water partition coefficient (Wildman–Crippen LogP) is 5.78. The fraction of sp³-hybridized carbons (Fsp3) is 0.245. The van der Waals surface area contributed by atoms with Crippen molar-refractivity contribution in [1.29, 1.82) is 0 Å². The van der Waals surface area contributed by atoms with E-state index in [4.69, 9.17) is 44.6 Å². The maximum Gasteiger partial charge on any atom is 1.00 e. The molecule has 21 nitrogen and oxygen atoms in total. The molecule has 78 heavy (non-hydrogen) atoms. The van der Waals surface area contributed by atoms with Gasteiger partial charge in [0.1, 0.15) is 0 Å². The normalized spacial score (nSPS) is 16.9. The first kappa shape index (κ1) is 58.4. The molecule has 2 saturated carbocycles. The first-order valence-corrected chi connectivity index (χ1v) is 26.4. The summed E-state index contributed by atoms with van der Waals surface area (Å²) < 4.78 is 28.4. The fourth-order valence-electron chi connectivity index (χ4n) is 9.44. The summed E-state index contributed by atoms with van der Waals surface area (Å²) in [7, 11) is -3.87. The van der Waals surface area contributed by atoms with Crippen LogP contribution in [-0.2, 0) is 10.0 Å². The number of nitrogens with one attached hydrogen (secondary N) is 5. The number of nitrogen functional groups attached to an aromatic ring is 2. The van der Waals surface area contributed by atoms with Crippen LogP contribution in [0, 0.1) is 0 Å². The second-order valence-electron chi connectivity index (χ2n) is 18.2. The van der Waals surface area contributed by atoms with E-state index in [1.807, 2.05) is 42.6 Å². The zero-order valence-corrected chi connectivity index (χ0v) is 45.8. The number of carbonyl (C=O) groups excluding carboxylic acids is 2. The van der Waals surface area contributed by atoms with Crippen LogP contribution in [0.5, 0.6) is 0 Å². The minimum Gasteiger partial charge on any atom is -0.870 e. The Bertz CT molecular complexity index is 3630. The molecule has 398 valence electrons. The van der Waals surface area contributed by atoms with E-state index in [-0.39, 0.29) is 100 Å². The number of rotatable bonds is 12. The molecule has 2 amide bonds. The minimum atomic E-state index is -3.87. The van der Waals surface area contributed by atoms with Crippen molar-refractivity contribution in [3.05, 3.63) is 150 Å². The molecule has 25 heteroatoms. The van der Waals surface area contributed by atoms with Gasteiger partial charge in [-0.25, -0.2) is 52.3 Å². The summed E-state index contributed by atoms with van der Waals surface area (Å²) >= 11 is 13.0. The van der Waals surface area contributed by atoms with Gasteiger partial charge in [0.15, 0.2) is 0 Å². The maximum atomic E-state index is 13.6. The molecule has 9 aromatic rings. The van der Waals surface area contributed by atoms with Crippen LogP contribution in [0.4, 0.5) is 23.3 Å². The molecule has 0 spiro atoms. The number of nitrogens with zero attached hydrogens (tertiary/aromatic N) is 9. The largest absolute Gasteiger partial charge is 1.00 e. The van der Waals surface area contributed by atoms with Crippen LogP contribution in [0.3, 0.4) is 0 Å². The van der Waals surface area contributed by atoms with Crippen molar-refractivity contribution in [2.45, 2.75) is 87.9 Å². The van der Waals surface area contributed by atoms with Crippen LogP contribution in [-0.4, -0.2) is 98.7 Å². The third-order valence-electron chi connectivity index (χ3n) is 13.0. The number of amides is 2. The summed E-state index contributed by atoms with van der Waals surface area (Å²) in [5.41, 5.74) is 16.1. The fourth-order valence-corrected chi connectivity index (χ4v) is 11.2. The number of carbonyl (C=O) groups is 2. The van der Waals surface area contributed by atoms with Crippen LogP contribution in [0.1, 0.15) is 80.0 Å². The van der Waals surface area contributed by atoms with Gasteiger partial charge in [0, 0.05) is 64.0 Å². The number of halogens is 2. The Hall–Kier alpha value is -7.31. The number of H-pyrrole nitrogens is 1. The number of hydrogen-bond donors (Lipinski definition) is 7. The van der Waals surface area contributed by atoms with Crippen molar-refractivity contribution < 1.29 is 53.0 Å². The van der Waals surface area contributed by atoms with Crippen molar-refractivity contribution in [3.8, 4) is 22.5 Å². The van der Waals surface area contributed by atoms with Crippen molar-refractivity contribution >= 4 is 90.1 Å². The maximum absolute atomic E-state index is 13.6. The van der Waals surface area contributed by atoms with Gasteiger partial charge in [0.05, 0.1) is 80.4 Å². The average molecular weight is 1120 g/mol. The number of aromatic amines is 1. The Morgan fingerprint density at radius 2 is 1.06 bits per heavy atom. The molecule has 4 atom stereocenters. The second kappa shape index (κ2) is 25.9. The summed E-state index contributed by atoms with van der Waals surface area (Å²) in [6.45, 7) is 0. The quantitative estimate of drug-likeness (QED) is 0.0713. The molecule has 2 fully saturated rings. The van der Waals surface area contributed by atoms with E-state index in [1.54, 1.807) is 54.9 Å². The molecule has 0 unspecified atom stereocenters. The molecular weight excluding hydrogens is 1070 g/mol. The molecule has 3 aromatic carbocycles. The Labute approximate surface area is 481 Å². The van der Waals surface area contributed by atoms with E-state index >= 15 is 0 Å². The standard InChI is InChI=1S/C29H27ClN8O3S.C23H23ClN8O.CH4.Na.H2O/c30-24-16-34-29(36-20-8-6-7-19(13-20)35-28(39)27-32-14-18(31)15-33-27)37-26(24)23-17-38(25-12-5-4-11-22(23)25)42(40,41)21-9-2-1-3-10-21;24-18-12-29-23(32-20(18)17-11-26-19-7-2-1-6-16(17)19)31-15-5-3-4-14(8-15)30-22(33)21-27-9-13(25)10-28-21;;;/h1-5,9-12,14-17,19-20H,6-8,13,31H2,(H,35,39)(H,34,36,37);1-2,6-7,9-12,14-15,26H,3-5,8,25H2,(H,30,33)(H,29,31,32);1H4;;1H2/q;;;+1;/p-1/t19-,20+;14-,15+;;;/m00.../s1. The number of fused-ring (bicyclic) bond motifs is 2. The molecule has 6 aromatic heterocycles. The van der Waals surface area contributed by atoms with Gasteiger partial charge in [0.25, 0.3) is 21.8 Å². The molecule has 0 radical (unpaired) electrons. The monoisotopic (exact) mass is 1120 g/mol. The Kier molecular flexibility index (Phi) is 19.4. The van der Waals surface area contributed by atoms with Gasteiger partial charge >= 0.3 is 29.6 Å². The molecule has 0 saturated heterocycles. The SMILES string of the molecule is C.Nc1cnc(C(=O)N[C@H]2CCC[C@@H](Nc3ncc(Cl)c(-c4c[nH]c5ccccc45)n3)C2)nc1.Nc1cnc(C(=O)N[C@H]2CCC[C@@H](Nc3ncc(Cl)c(-c4cn(S(=O)(=O)c5ccccc5)c5ccccc45)n3)C2)nc1.[Na+].[OH-]. The van der Waals surface area contributed by atoms with Crippen LogP contribution < -0.4 is 62.3 Å². The van der Waals surface area contributed by atoms with Crippen LogP contribution in [0.15, 0.2) is 133 Å². The van der Waals surface area contributed by atoms with E-state index in [1.165, 1.54) is 35.0 Å². The summed E-state index contributed by atoms with van der Waals surface area (Å²) in [6, 6.07) is 23.5. The van der Waals surface area contributed by atoms with Crippen LogP contribution in [0.25, 0.3) is 44.3 Å². The van der Waals surface area contributed by atoms with Gasteiger partial charge in [-0.3, -0.25) is 9.59 Å². The van der Waals surface area contributed by atoms with Crippen molar-refractivity contribution in [3.63, 3.8) is 0 Å². The Morgan fingerprint density at radius 1 is 0.603 bits per heavy atom. The molecule has 2 aliphatic rings. The third-order valence-corrected chi connectivity index (χ3v) is 15.2. The topological polar surface area (TPSA) is 322 Å². The number of aromatic nitrogens is 10. The first-order chi connectivity index (χ1) is 36.4. The third kappa shape index (κ3) is 13.3. The molecule has 0 bridgehead atoms. The average Bonchev–Trinajstić information content (AvgIpc) is 4.22. The van der Waals surface area contributed by atoms with Crippen molar-refractivity contribution in [2.75, 3.05) is 22.1 Å². The number of anilines is 4. The van der Waals surface area contributed by atoms with Gasteiger partial charge in [-0.1, -0.05) is 85.2 Å². The van der Waals surface area contributed by atoms with E-state index in [0.29, 0.717) is 62.6 Å². The summed E-state index contributed by atoms with van der Waals surface area (Å²) in [5, 5.41) is 15.3. The Balaban J connectivity index is 0.000000223. The second-order valence-corrected chi connectivity index (χ2v) is 20.9. The first-order valence-electron chi connectivity index (χ1n) is 24.2. The minimum absolute atomic E-state index is 0. The molecule has 6 heterocycles. The molecule has 2 aliphatic carbocycles. The van der Waals surface area contributed by atoms with Gasteiger partial charge in [-0.2, -0.15) is 0 Å². The summed E-state index contributed by atoms with van der Waals surface area (Å²) in [4.78, 5) is 62.7. The van der Waals surface area contributed by atoms with Crippen LogP contribution in [0.2, 0.25) is 10.0 Å². The van der Waals surface area contributed by atoms with E-state index in [2.05, 4.69) is 56.2 Å². The van der Waals surface area contributed by atoms with Crippen molar-refractivity contribution in [1.82, 2.24) is 59.5 Å². The van der Waals surface area contributed by atoms with E-state index < -0.39 is 10.0 Å². The molecule has 11 rings (SSSR count). The molecule has 10 N–H and O–H groups in total. The summed E-state index contributed by atoms with van der Waals surface area (Å²) in [5.74, 6) is 0.397. The predicted molar refractivity (Wildman–Crippen MR) is 297 cm³/mol.